The molecule has 0 saturated carbocycles. The van der Waals surface area contributed by atoms with Gasteiger partial charge in [0.2, 0.25) is 0 Å². The first kappa shape index (κ1) is 15.3. The number of sulfonamides is 1. The van der Waals surface area contributed by atoms with Gasteiger partial charge in [0.25, 0.3) is 15.9 Å². The van der Waals surface area contributed by atoms with Crippen molar-refractivity contribution in [2.24, 2.45) is 0 Å². The van der Waals surface area contributed by atoms with E-state index in [9.17, 15) is 13.2 Å². The lowest BCUT2D eigenvalue weighted by atomic mass is 10.2. The number of anilines is 2. The second kappa shape index (κ2) is 5.56. The van der Waals surface area contributed by atoms with Gasteiger partial charge in [-0.2, -0.15) is 0 Å². The number of thiophene rings is 1. The molecule has 6 nitrogen and oxygen atoms in total. The molecule has 1 aliphatic rings. The summed E-state index contributed by atoms with van der Waals surface area (Å²) in [6, 6.07) is 7.92. The number of hydrogen-bond acceptors (Lipinski definition) is 5. The predicted molar refractivity (Wildman–Crippen MR) is 88.0 cm³/mol. The summed E-state index contributed by atoms with van der Waals surface area (Å²) in [5.74, 6) is 0.239. The van der Waals surface area contributed by atoms with Gasteiger partial charge in [0, 0.05) is 0 Å². The molecule has 0 spiro atoms. The average molecular weight is 403 g/mol. The van der Waals surface area contributed by atoms with Crippen LogP contribution in [-0.2, 0) is 14.8 Å². The van der Waals surface area contributed by atoms with Gasteiger partial charge in [0.1, 0.15) is 9.96 Å². The minimum atomic E-state index is -3.66. The molecule has 116 valence electrons. The van der Waals surface area contributed by atoms with Gasteiger partial charge in [-0.05, 0) is 53.2 Å². The summed E-state index contributed by atoms with van der Waals surface area (Å²) in [5.41, 5.74) is 0.789. The highest BCUT2D eigenvalue weighted by atomic mass is 79.9. The fraction of sp³-hybridized carbons (Fsp3) is 0.154. The summed E-state index contributed by atoms with van der Waals surface area (Å²) in [7, 11) is -3.66. The smallest absolute Gasteiger partial charge is 0.271 e. The Bertz CT molecular complexity index is 847. The molecule has 2 N–H and O–H groups in total. The molecule has 1 amide bonds. The van der Waals surface area contributed by atoms with Crippen molar-refractivity contribution in [3.63, 3.8) is 0 Å². The number of hydrogen-bond donors (Lipinski definition) is 2. The molecule has 0 saturated heterocycles. The summed E-state index contributed by atoms with van der Waals surface area (Å²) < 4.78 is 33.4. The van der Waals surface area contributed by atoms with Crippen molar-refractivity contribution in [3.8, 4) is 5.75 Å². The maximum Gasteiger partial charge on any atom is 0.271 e. The zero-order valence-corrected chi connectivity index (χ0v) is 14.5. The number of fused-ring (bicyclic) bond motifs is 1. The number of carbonyl (C=O) groups excluding carboxylic acids is 1. The van der Waals surface area contributed by atoms with Crippen molar-refractivity contribution >= 4 is 54.6 Å². The fourth-order valence-corrected chi connectivity index (χ4v) is 4.98. The number of amides is 1. The van der Waals surface area contributed by atoms with Crippen LogP contribution < -0.4 is 14.8 Å². The minimum Gasteiger partial charge on any atom is -0.479 e. The molecular weight excluding hydrogens is 392 g/mol. The van der Waals surface area contributed by atoms with Crippen LogP contribution in [0.4, 0.5) is 11.4 Å². The molecule has 0 radical (unpaired) electrons. The van der Waals surface area contributed by atoms with E-state index in [1.54, 1.807) is 25.1 Å². The fourth-order valence-electron chi connectivity index (χ4n) is 1.92. The van der Waals surface area contributed by atoms with Crippen LogP contribution in [0.1, 0.15) is 6.92 Å². The monoisotopic (exact) mass is 402 g/mol. The van der Waals surface area contributed by atoms with E-state index in [-0.39, 0.29) is 10.1 Å². The van der Waals surface area contributed by atoms with E-state index in [1.807, 2.05) is 0 Å². The van der Waals surface area contributed by atoms with E-state index in [0.29, 0.717) is 17.1 Å². The lowest BCUT2D eigenvalue weighted by molar-refractivity contribution is -0.122. The molecule has 1 atom stereocenters. The van der Waals surface area contributed by atoms with Gasteiger partial charge in [-0.15, -0.1) is 11.3 Å². The van der Waals surface area contributed by atoms with Crippen LogP contribution >= 0.6 is 27.3 Å². The number of rotatable bonds is 3. The van der Waals surface area contributed by atoms with Crippen LogP contribution in [0, 0.1) is 0 Å². The normalized spacial score (nSPS) is 17.4. The minimum absolute atomic E-state index is 0.200. The standard InChI is InChI=1S/C13H11BrN2O4S2/c1-7-13(17)15-9-6-8(2-3-10(9)20-7)16-22(18,19)12-5-4-11(14)21-12/h2-7,16H,1H3,(H,15,17)/t7-/m1/s1. The molecule has 0 bridgehead atoms. The summed E-state index contributed by atoms with van der Waals surface area (Å²) in [6.07, 6.45) is -0.571. The highest BCUT2D eigenvalue weighted by Crippen LogP contribution is 2.33. The number of carbonyl (C=O) groups is 1. The molecule has 0 fully saturated rings. The van der Waals surface area contributed by atoms with Crippen molar-refractivity contribution in [1.29, 1.82) is 0 Å². The third-order valence-corrected chi connectivity index (χ3v) is 6.47. The quantitative estimate of drug-likeness (QED) is 0.825. The number of benzene rings is 1. The van der Waals surface area contributed by atoms with Crippen LogP contribution in [0.25, 0.3) is 0 Å². The second-order valence-electron chi connectivity index (χ2n) is 4.62. The van der Waals surface area contributed by atoms with Crippen molar-refractivity contribution in [1.82, 2.24) is 0 Å². The molecular formula is C13H11BrN2O4S2. The first-order chi connectivity index (χ1) is 10.3. The largest absolute Gasteiger partial charge is 0.479 e. The Morgan fingerprint density at radius 1 is 1.32 bits per heavy atom. The van der Waals surface area contributed by atoms with Crippen LogP contribution in [0.2, 0.25) is 0 Å². The van der Waals surface area contributed by atoms with E-state index in [1.165, 1.54) is 12.1 Å². The van der Waals surface area contributed by atoms with Crippen molar-refractivity contribution < 1.29 is 17.9 Å². The summed E-state index contributed by atoms with van der Waals surface area (Å²) >= 11 is 4.35. The number of halogens is 1. The molecule has 9 heteroatoms. The third kappa shape index (κ3) is 2.96. The zero-order chi connectivity index (χ0) is 15.9. The first-order valence-corrected chi connectivity index (χ1v) is 9.34. The van der Waals surface area contributed by atoms with Crippen LogP contribution in [0.15, 0.2) is 38.3 Å². The zero-order valence-electron chi connectivity index (χ0n) is 11.3. The Labute approximate surface area is 139 Å². The van der Waals surface area contributed by atoms with Gasteiger partial charge >= 0.3 is 0 Å². The Balaban J connectivity index is 1.88. The molecule has 1 aliphatic heterocycles. The highest BCUT2D eigenvalue weighted by Gasteiger charge is 2.24. The van der Waals surface area contributed by atoms with Crippen LogP contribution in [0.3, 0.4) is 0 Å². The second-order valence-corrected chi connectivity index (χ2v) is 9.00. The van der Waals surface area contributed by atoms with E-state index < -0.39 is 16.1 Å². The number of nitrogens with one attached hydrogen (secondary N) is 2. The van der Waals surface area contributed by atoms with E-state index in [2.05, 4.69) is 26.0 Å². The first-order valence-electron chi connectivity index (χ1n) is 6.25. The molecule has 22 heavy (non-hydrogen) atoms. The SMILES string of the molecule is C[C@H]1Oc2ccc(NS(=O)(=O)c3ccc(Br)s3)cc2NC1=O. The third-order valence-electron chi connectivity index (χ3n) is 2.98. The Morgan fingerprint density at radius 2 is 2.09 bits per heavy atom. The maximum atomic E-state index is 12.3. The van der Waals surface area contributed by atoms with Gasteiger partial charge in [-0.3, -0.25) is 9.52 Å². The van der Waals surface area contributed by atoms with Crippen molar-refractivity contribution in [2.45, 2.75) is 17.2 Å². The molecule has 1 aromatic carbocycles. The average Bonchev–Trinajstić information content (AvgIpc) is 2.88. The molecule has 3 rings (SSSR count). The van der Waals surface area contributed by atoms with Crippen molar-refractivity contribution in [2.75, 3.05) is 10.0 Å². The lowest BCUT2D eigenvalue weighted by Gasteiger charge is -2.23. The summed E-state index contributed by atoms with van der Waals surface area (Å²) in [5, 5.41) is 2.68. The predicted octanol–water partition coefficient (Wildman–Crippen LogP) is 3.03. The Morgan fingerprint density at radius 3 is 2.77 bits per heavy atom. The molecule has 2 heterocycles. The van der Waals surface area contributed by atoms with E-state index >= 15 is 0 Å². The van der Waals surface area contributed by atoms with Crippen LogP contribution in [0.5, 0.6) is 5.75 Å². The van der Waals surface area contributed by atoms with Gasteiger partial charge < -0.3 is 10.1 Å². The highest BCUT2D eigenvalue weighted by molar-refractivity contribution is 9.11. The summed E-state index contributed by atoms with van der Waals surface area (Å²) in [6.45, 7) is 1.64. The van der Waals surface area contributed by atoms with Gasteiger partial charge in [-0.25, -0.2) is 8.42 Å². The lowest BCUT2D eigenvalue weighted by Crippen LogP contribution is -2.34. The molecule has 0 unspecified atom stereocenters. The van der Waals surface area contributed by atoms with Gasteiger partial charge in [0.15, 0.2) is 6.10 Å². The topological polar surface area (TPSA) is 84.5 Å². The molecule has 1 aromatic heterocycles. The van der Waals surface area contributed by atoms with Crippen molar-refractivity contribution in [3.05, 3.63) is 34.1 Å². The molecule has 2 aromatic rings. The van der Waals surface area contributed by atoms with Crippen LogP contribution in [-0.4, -0.2) is 20.4 Å². The van der Waals surface area contributed by atoms with E-state index in [0.717, 1.165) is 15.1 Å². The van der Waals surface area contributed by atoms with Gasteiger partial charge in [-0.1, -0.05) is 0 Å². The number of ether oxygens (including phenoxy) is 1. The summed E-state index contributed by atoms with van der Waals surface area (Å²) in [4.78, 5) is 11.6. The maximum absolute atomic E-state index is 12.3. The Hall–Kier alpha value is -1.58. The van der Waals surface area contributed by atoms with Gasteiger partial charge in [0.05, 0.1) is 15.2 Å². The van der Waals surface area contributed by atoms with E-state index in [4.69, 9.17) is 4.74 Å². The molecule has 0 aliphatic carbocycles. The Kier molecular flexibility index (Phi) is 3.87.